The predicted molar refractivity (Wildman–Crippen MR) is 51.6 cm³/mol. The van der Waals surface area contributed by atoms with E-state index in [1.54, 1.807) is 0 Å². The second kappa shape index (κ2) is 4.61. The predicted octanol–water partition coefficient (Wildman–Crippen LogP) is 1.49. The number of carboxylic acid groups (broad SMARTS) is 1. The minimum Gasteiger partial charge on any atom is -0.480 e. The van der Waals surface area contributed by atoms with E-state index in [0.717, 1.165) is 18.9 Å². The highest BCUT2D eigenvalue weighted by atomic mass is 16.4. The zero-order valence-corrected chi connectivity index (χ0v) is 8.42. The van der Waals surface area contributed by atoms with Crippen molar-refractivity contribution in [3.05, 3.63) is 0 Å². The summed E-state index contributed by atoms with van der Waals surface area (Å²) in [4.78, 5) is 10.9. The maximum absolute atomic E-state index is 10.9. The zero-order valence-electron chi connectivity index (χ0n) is 8.42. The third kappa shape index (κ3) is 3.35. The lowest BCUT2D eigenvalue weighted by Crippen LogP contribution is -2.42. The van der Waals surface area contributed by atoms with E-state index in [2.05, 4.69) is 5.32 Å². The Kier molecular flexibility index (Phi) is 3.72. The van der Waals surface area contributed by atoms with E-state index >= 15 is 0 Å². The summed E-state index contributed by atoms with van der Waals surface area (Å²) in [6.07, 6.45) is 3.44. The SMILES string of the molecule is CCC(C)C(NCC1CC1)C(=O)O. The topological polar surface area (TPSA) is 49.3 Å². The number of rotatable bonds is 6. The van der Waals surface area contributed by atoms with Crippen LogP contribution >= 0.6 is 0 Å². The molecule has 0 aromatic heterocycles. The standard InChI is InChI=1S/C10H19NO2/c1-3-7(2)9(10(12)13)11-6-8-4-5-8/h7-9,11H,3-6H2,1-2H3,(H,12,13). The smallest absolute Gasteiger partial charge is 0.320 e. The van der Waals surface area contributed by atoms with Crippen LogP contribution in [0.2, 0.25) is 0 Å². The molecular formula is C10H19NO2. The quantitative estimate of drug-likeness (QED) is 0.659. The summed E-state index contributed by atoms with van der Waals surface area (Å²) >= 11 is 0. The van der Waals surface area contributed by atoms with Gasteiger partial charge >= 0.3 is 5.97 Å². The van der Waals surface area contributed by atoms with Gasteiger partial charge in [0.05, 0.1) is 0 Å². The van der Waals surface area contributed by atoms with Crippen molar-refractivity contribution in [3.8, 4) is 0 Å². The average Bonchev–Trinajstić information content (AvgIpc) is 2.87. The van der Waals surface area contributed by atoms with Gasteiger partial charge in [0.2, 0.25) is 0 Å². The van der Waals surface area contributed by atoms with Crippen LogP contribution in [-0.4, -0.2) is 23.7 Å². The monoisotopic (exact) mass is 185 g/mol. The Morgan fingerprint density at radius 2 is 2.23 bits per heavy atom. The third-order valence-electron chi connectivity index (χ3n) is 2.80. The third-order valence-corrected chi connectivity index (χ3v) is 2.80. The van der Waals surface area contributed by atoms with Gasteiger partial charge in [0.15, 0.2) is 0 Å². The van der Waals surface area contributed by atoms with Crippen LogP contribution < -0.4 is 5.32 Å². The summed E-state index contributed by atoms with van der Waals surface area (Å²) in [6.45, 7) is 4.89. The minimum absolute atomic E-state index is 0.219. The van der Waals surface area contributed by atoms with Gasteiger partial charge in [-0.1, -0.05) is 20.3 Å². The molecule has 76 valence electrons. The van der Waals surface area contributed by atoms with Gasteiger partial charge in [-0.25, -0.2) is 0 Å². The molecule has 3 heteroatoms. The Labute approximate surface area is 79.5 Å². The van der Waals surface area contributed by atoms with E-state index in [-0.39, 0.29) is 12.0 Å². The second-order valence-electron chi connectivity index (χ2n) is 4.05. The Morgan fingerprint density at radius 3 is 2.62 bits per heavy atom. The lowest BCUT2D eigenvalue weighted by molar-refractivity contribution is -0.140. The highest BCUT2D eigenvalue weighted by Gasteiger charge is 2.27. The fourth-order valence-electron chi connectivity index (χ4n) is 1.38. The highest BCUT2D eigenvalue weighted by molar-refractivity contribution is 5.73. The number of hydrogen-bond acceptors (Lipinski definition) is 2. The molecule has 0 aromatic carbocycles. The number of nitrogens with one attached hydrogen (secondary N) is 1. The first-order chi connectivity index (χ1) is 6.15. The molecule has 1 saturated carbocycles. The normalized spacial score (nSPS) is 21.1. The van der Waals surface area contributed by atoms with Crippen LogP contribution in [0.1, 0.15) is 33.1 Å². The zero-order chi connectivity index (χ0) is 9.84. The van der Waals surface area contributed by atoms with E-state index in [0.29, 0.717) is 0 Å². The van der Waals surface area contributed by atoms with Gasteiger partial charge in [0.1, 0.15) is 6.04 Å². The summed E-state index contributed by atoms with van der Waals surface area (Å²) in [5.41, 5.74) is 0. The molecule has 13 heavy (non-hydrogen) atoms. The molecule has 0 amide bonds. The van der Waals surface area contributed by atoms with Crippen LogP contribution in [0.3, 0.4) is 0 Å². The van der Waals surface area contributed by atoms with Crippen LogP contribution in [0.5, 0.6) is 0 Å². The molecule has 1 aliphatic rings. The molecular weight excluding hydrogens is 166 g/mol. The van der Waals surface area contributed by atoms with E-state index in [1.807, 2.05) is 13.8 Å². The number of aliphatic carboxylic acids is 1. The Bertz CT molecular complexity index is 178. The highest BCUT2D eigenvalue weighted by Crippen LogP contribution is 2.28. The van der Waals surface area contributed by atoms with Crippen molar-refractivity contribution >= 4 is 5.97 Å². The van der Waals surface area contributed by atoms with E-state index in [9.17, 15) is 4.79 Å². The minimum atomic E-state index is -0.713. The fourth-order valence-corrected chi connectivity index (χ4v) is 1.38. The molecule has 0 aromatic rings. The molecule has 3 nitrogen and oxygen atoms in total. The summed E-state index contributed by atoms with van der Waals surface area (Å²) < 4.78 is 0. The van der Waals surface area contributed by atoms with Crippen molar-refractivity contribution in [3.63, 3.8) is 0 Å². The van der Waals surface area contributed by atoms with Crippen LogP contribution in [-0.2, 0) is 4.79 Å². The van der Waals surface area contributed by atoms with Crippen LogP contribution in [0.15, 0.2) is 0 Å². The molecule has 0 saturated heterocycles. The molecule has 0 aliphatic heterocycles. The van der Waals surface area contributed by atoms with Gasteiger partial charge in [-0.2, -0.15) is 0 Å². The molecule has 0 bridgehead atoms. The molecule has 1 rings (SSSR count). The van der Waals surface area contributed by atoms with Gasteiger partial charge in [-0.05, 0) is 31.2 Å². The van der Waals surface area contributed by atoms with Crippen LogP contribution in [0, 0.1) is 11.8 Å². The molecule has 1 fully saturated rings. The molecule has 1 aliphatic carbocycles. The molecule has 0 heterocycles. The average molecular weight is 185 g/mol. The lowest BCUT2D eigenvalue weighted by atomic mass is 9.99. The van der Waals surface area contributed by atoms with Gasteiger partial charge < -0.3 is 10.4 Å². The van der Waals surface area contributed by atoms with Crippen molar-refractivity contribution in [2.45, 2.75) is 39.2 Å². The summed E-state index contributed by atoms with van der Waals surface area (Å²) in [5.74, 6) is 0.247. The van der Waals surface area contributed by atoms with Crippen molar-refractivity contribution in [2.75, 3.05) is 6.54 Å². The van der Waals surface area contributed by atoms with E-state index < -0.39 is 5.97 Å². The molecule has 2 atom stereocenters. The molecule has 2 N–H and O–H groups in total. The Balaban J connectivity index is 2.31. The molecule has 2 unspecified atom stereocenters. The largest absolute Gasteiger partial charge is 0.480 e. The van der Waals surface area contributed by atoms with Crippen LogP contribution in [0.25, 0.3) is 0 Å². The first kappa shape index (κ1) is 10.5. The Hall–Kier alpha value is -0.570. The van der Waals surface area contributed by atoms with Gasteiger partial charge in [-0.15, -0.1) is 0 Å². The van der Waals surface area contributed by atoms with E-state index in [1.165, 1.54) is 12.8 Å². The van der Waals surface area contributed by atoms with Gasteiger partial charge in [-0.3, -0.25) is 4.79 Å². The fraction of sp³-hybridized carbons (Fsp3) is 0.900. The molecule has 0 spiro atoms. The molecule has 0 radical (unpaired) electrons. The maximum Gasteiger partial charge on any atom is 0.320 e. The summed E-state index contributed by atoms with van der Waals surface area (Å²) in [5, 5.41) is 12.1. The maximum atomic E-state index is 10.9. The number of carbonyl (C=O) groups is 1. The summed E-state index contributed by atoms with van der Waals surface area (Å²) in [7, 11) is 0. The van der Waals surface area contributed by atoms with Crippen molar-refractivity contribution in [2.24, 2.45) is 11.8 Å². The Morgan fingerprint density at radius 1 is 1.62 bits per heavy atom. The van der Waals surface area contributed by atoms with Crippen LogP contribution in [0.4, 0.5) is 0 Å². The lowest BCUT2D eigenvalue weighted by Gasteiger charge is -2.19. The second-order valence-corrected chi connectivity index (χ2v) is 4.05. The van der Waals surface area contributed by atoms with E-state index in [4.69, 9.17) is 5.11 Å². The van der Waals surface area contributed by atoms with Crippen molar-refractivity contribution in [1.82, 2.24) is 5.32 Å². The number of carboxylic acids is 1. The van der Waals surface area contributed by atoms with Gasteiger partial charge in [0, 0.05) is 0 Å². The summed E-state index contributed by atoms with van der Waals surface area (Å²) in [6, 6.07) is -0.356. The first-order valence-corrected chi connectivity index (χ1v) is 5.11. The number of hydrogen-bond donors (Lipinski definition) is 2. The van der Waals surface area contributed by atoms with Gasteiger partial charge in [0.25, 0.3) is 0 Å². The van der Waals surface area contributed by atoms with Crippen molar-refractivity contribution < 1.29 is 9.90 Å². The van der Waals surface area contributed by atoms with Crippen molar-refractivity contribution in [1.29, 1.82) is 0 Å². The first-order valence-electron chi connectivity index (χ1n) is 5.11.